The number of aromatic amines is 1. The number of carbonyl (C=O) groups excluding carboxylic acids is 2. The van der Waals surface area contributed by atoms with Crippen molar-refractivity contribution in [1.29, 1.82) is 0 Å². The molecule has 0 spiro atoms. The van der Waals surface area contributed by atoms with Crippen molar-refractivity contribution in [3.8, 4) is 0 Å². The molecular formula is C33H44N6O2. The molecule has 0 aliphatic carbocycles. The van der Waals surface area contributed by atoms with Crippen LogP contribution in [0.15, 0.2) is 76.6 Å². The number of aliphatic imine (C=N–C) groups is 1. The molecule has 218 valence electrons. The van der Waals surface area contributed by atoms with Crippen LogP contribution in [0.1, 0.15) is 89.1 Å². The number of carbonyl (C=O) groups is 2. The molecule has 3 rings (SSSR count). The van der Waals surface area contributed by atoms with Crippen LogP contribution in [0.4, 0.5) is 5.82 Å². The van der Waals surface area contributed by atoms with E-state index in [-0.39, 0.29) is 17.3 Å². The molecule has 1 aromatic heterocycles. The van der Waals surface area contributed by atoms with E-state index >= 15 is 0 Å². The fraction of sp³-hybridized carbons (Fsp3) is 0.394. The lowest BCUT2D eigenvalue weighted by molar-refractivity contribution is -0.112. The molecule has 8 heteroatoms. The van der Waals surface area contributed by atoms with Crippen LogP contribution >= 0.6 is 0 Å². The SMILES string of the molecule is CCCCCCN(CCC)C(=O)c1ccc(C(/C=C(\C)CC)=N/C(C(=O)Nc2n[nH]c3ccccc23)=C(\C)N)cc1. The molecule has 0 radical (unpaired) electrons. The largest absolute Gasteiger partial charge is 0.400 e. The normalized spacial score (nSPS) is 12.8. The van der Waals surface area contributed by atoms with Gasteiger partial charge in [0.05, 0.1) is 11.2 Å². The topological polar surface area (TPSA) is 116 Å². The molecule has 0 saturated heterocycles. The van der Waals surface area contributed by atoms with E-state index in [1.807, 2.05) is 66.4 Å². The van der Waals surface area contributed by atoms with Gasteiger partial charge in [-0.15, -0.1) is 0 Å². The van der Waals surface area contributed by atoms with Gasteiger partial charge in [-0.1, -0.05) is 69.9 Å². The second kappa shape index (κ2) is 15.6. The minimum atomic E-state index is -0.451. The molecule has 2 aromatic carbocycles. The zero-order chi connectivity index (χ0) is 29.8. The first-order chi connectivity index (χ1) is 19.8. The number of hydrogen-bond acceptors (Lipinski definition) is 5. The number of nitrogens with zero attached hydrogens (tertiary/aromatic N) is 3. The summed E-state index contributed by atoms with van der Waals surface area (Å²) < 4.78 is 0. The van der Waals surface area contributed by atoms with E-state index in [2.05, 4.69) is 36.3 Å². The zero-order valence-corrected chi connectivity index (χ0v) is 25.1. The zero-order valence-electron chi connectivity index (χ0n) is 25.1. The predicted octanol–water partition coefficient (Wildman–Crippen LogP) is 6.97. The van der Waals surface area contributed by atoms with Crippen molar-refractivity contribution in [2.75, 3.05) is 18.4 Å². The lowest BCUT2D eigenvalue weighted by Crippen LogP contribution is -2.32. The van der Waals surface area contributed by atoms with Gasteiger partial charge in [0.2, 0.25) is 0 Å². The molecule has 0 saturated carbocycles. The van der Waals surface area contributed by atoms with E-state index in [0.717, 1.165) is 60.8 Å². The van der Waals surface area contributed by atoms with Crippen LogP contribution < -0.4 is 11.1 Å². The van der Waals surface area contributed by atoms with Gasteiger partial charge in [-0.2, -0.15) is 5.10 Å². The molecule has 0 aliphatic rings. The van der Waals surface area contributed by atoms with Crippen molar-refractivity contribution in [3.63, 3.8) is 0 Å². The Morgan fingerprint density at radius 3 is 2.32 bits per heavy atom. The summed E-state index contributed by atoms with van der Waals surface area (Å²) in [6.45, 7) is 11.5. The Bertz CT molecular complexity index is 1410. The third-order valence-electron chi connectivity index (χ3n) is 6.95. The monoisotopic (exact) mass is 556 g/mol. The van der Waals surface area contributed by atoms with Crippen molar-refractivity contribution in [3.05, 3.63) is 82.7 Å². The van der Waals surface area contributed by atoms with Gasteiger partial charge in [-0.3, -0.25) is 14.7 Å². The lowest BCUT2D eigenvalue weighted by Gasteiger charge is -2.22. The number of unbranched alkanes of at least 4 members (excludes halogenated alkanes) is 3. The van der Waals surface area contributed by atoms with E-state index in [9.17, 15) is 9.59 Å². The lowest BCUT2D eigenvalue weighted by atomic mass is 10.0. The smallest absolute Gasteiger partial charge is 0.277 e. The number of benzene rings is 2. The van der Waals surface area contributed by atoms with Crippen molar-refractivity contribution in [2.45, 2.75) is 73.1 Å². The van der Waals surface area contributed by atoms with Gasteiger partial charge < -0.3 is 16.0 Å². The summed E-state index contributed by atoms with van der Waals surface area (Å²) in [6.07, 6.45) is 8.19. The Labute approximate surface area is 243 Å². The fourth-order valence-corrected chi connectivity index (χ4v) is 4.46. The van der Waals surface area contributed by atoms with Gasteiger partial charge in [0.25, 0.3) is 11.8 Å². The number of allylic oxidation sites excluding steroid dienone is 3. The minimum Gasteiger partial charge on any atom is -0.400 e. The number of nitrogens with two attached hydrogens (primary N) is 1. The Kier molecular flexibility index (Phi) is 11.9. The molecule has 0 bridgehead atoms. The first kappa shape index (κ1) is 31.3. The highest BCUT2D eigenvalue weighted by Crippen LogP contribution is 2.21. The van der Waals surface area contributed by atoms with Crippen LogP contribution in [0, 0.1) is 0 Å². The molecule has 3 aromatic rings. The van der Waals surface area contributed by atoms with E-state index in [1.165, 1.54) is 12.8 Å². The number of H-pyrrole nitrogens is 1. The molecule has 2 amide bonds. The third kappa shape index (κ3) is 8.64. The summed E-state index contributed by atoms with van der Waals surface area (Å²) in [5.41, 5.74) is 10.5. The summed E-state index contributed by atoms with van der Waals surface area (Å²) in [5, 5.41) is 10.8. The summed E-state index contributed by atoms with van der Waals surface area (Å²) in [5.74, 6) is 0.000573. The minimum absolute atomic E-state index is 0.0395. The number of rotatable bonds is 14. The number of aromatic nitrogens is 2. The number of hydrogen-bond donors (Lipinski definition) is 3. The summed E-state index contributed by atoms with van der Waals surface area (Å²) in [7, 11) is 0. The van der Waals surface area contributed by atoms with Crippen molar-refractivity contribution in [1.82, 2.24) is 15.1 Å². The molecule has 1 heterocycles. The van der Waals surface area contributed by atoms with Crippen LogP contribution in [0.5, 0.6) is 0 Å². The maximum Gasteiger partial charge on any atom is 0.277 e. The number of fused-ring (bicyclic) bond motifs is 1. The van der Waals surface area contributed by atoms with E-state index in [4.69, 9.17) is 10.7 Å². The number of nitrogens with one attached hydrogen (secondary N) is 2. The average molecular weight is 557 g/mol. The van der Waals surface area contributed by atoms with Crippen LogP contribution in [-0.4, -0.2) is 45.7 Å². The molecular weight excluding hydrogens is 512 g/mol. The van der Waals surface area contributed by atoms with Crippen LogP contribution in [-0.2, 0) is 4.79 Å². The summed E-state index contributed by atoms with van der Waals surface area (Å²) >= 11 is 0. The summed E-state index contributed by atoms with van der Waals surface area (Å²) in [6, 6.07) is 15.0. The highest BCUT2D eigenvalue weighted by atomic mass is 16.2. The molecule has 0 unspecified atom stereocenters. The number of para-hydroxylation sites is 1. The Morgan fingerprint density at radius 1 is 0.951 bits per heavy atom. The maximum absolute atomic E-state index is 13.3. The van der Waals surface area contributed by atoms with Gasteiger partial charge in [0, 0.05) is 35.3 Å². The van der Waals surface area contributed by atoms with Gasteiger partial charge in [0.1, 0.15) is 5.70 Å². The first-order valence-electron chi connectivity index (χ1n) is 14.6. The fourth-order valence-electron chi connectivity index (χ4n) is 4.46. The highest BCUT2D eigenvalue weighted by Gasteiger charge is 2.18. The van der Waals surface area contributed by atoms with Crippen LogP contribution in [0.25, 0.3) is 10.9 Å². The van der Waals surface area contributed by atoms with Crippen molar-refractivity contribution >= 4 is 34.2 Å². The number of amides is 2. The van der Waals surface area contributed by atoms with Gasteiger partial charge in [-0.05, 0) is 63.5 Å². The molecule has 8 nitrogen and oxygen atoms in total. The van der Waals surface area contributed by atoms with Crippen molar-refractivity contribution in [2.24, 2.45) is 10.7 Å². The first-order valence-corrected chi connectivity index (χ1v) is 14.6. The molecule has 0 atom stereocenters. The molecule has 0 fully saturated rings. The van der Waals surface area contributed by atoms with E-state index < -0.39 is 5.91 Å². The summed E-state index contributed by atoms with van der Waals surface area (Å²) in [4.78, 5) is 33.3. The molecule has 4 N–H and O–H groups in total. The maximum atomic E-state index is 13.3. The Balaban J connectivity index is 1.89. The predicted molar refractivity (Wildman–Crippen MR) is 169 cm³/mol. The van der Waals surface area contributed by atoms with Crippen LogP contribution in [0.3, 0.4) is 0 Å². The Morgan fingerprint density at radius 2 is 1.66 bits per heavy atom. The standard InChI is InChI=1S/C33H44N6O2/c1-6-9-10-13-21-39(20-7-2)33(41)26-18-16-25(17-19-26)29(22-23(4)8-3)35-30(24(5)34)32(40)36-31-27-14-11-12-15-28(27)37-38-31/h11-12,14-19,22H,6-10,13,20-21,34H2,1-5H3,(H2,36,37,38,40)/b23-22+,30-24+,35-29+. The third-order valence-corrected chi connectivity index (χ3v) is 6.95. The van der Waals surface area contributed by atoms with Gasteiger partial charge >= 0.3 is 0 Å². The number of anilines is 1. The second-order valence-corrected chi connectivity index (χ2v) is 10.4. The average Bonchev–Trinajstić information content (AvgIpc) is 3.38. The van der Waals surface area contributed by atoms with Gasteiger partial charge in [-0.25, -0.2) is 4.99 Å². The van der Waals surface area contributed by atoms with Crippen LogP contribution in [0.2, 0.25) is 0 Å². The highest BCUT2D eigenvalue weighted by molar-refractivity contribution is 6.14. The second-order valence-electron chi connectivity index (χ2n) is 10.4. The molecule has 0 aliphatic heterocycles. The Hall–Kier alpha value is -4.20. The van der Waals surface area contributed by atoms with E-state index in [0.29, 0.717) is 17.1 Å². The van der Waals surface area contributed by atoms with Gasteiger partial charge in [0.15, 0.2) is 5.82 Å². The van der Waals surface area contributed by atoms with Crippen molar-refractivity contribution < 1.29 is 9.59 Å². The van der Waals surface area contributed by atoms with E-state index in [1.54, 1.807) is 6.92 Å². The molecule has 41 heavy (non-hydrogen) atoms. The quantitative estimate of drug-likeness (QED) is 0.113.